The predicted octanol–water partition coefficient (Wildman–Crippen LogP) is 3.05. The lowest BCUT2D eigenvalue weighted by Crippen LogP contribution is -2.27. The van der Waals surface area contributed by atoms with E-state index >= 15 is 0 Å². The number of hydrogen-bond donors (Lipinski definition) is 1. The third-order valence-electron chi connectivity index (χ3n) is 4.15. The summed E-state index contributed by atoms with van der Waals surface area (Å²) >= 11 is 0. The Balaban J connectivity index is 1.42. The van der Waals surface area contributed by atoms with E-state index in [1.165, 1.54) is 5.56 Å². The lowest BCUT2D eigenvalue weighted by Gasteiger charge is -2.15. The zero-order chi connectivity index (χ0) is 15.3. The van der Waals surface area contributed by atoms with Crippen LogP contribution in [0, 0.1) is 0 Å². The van der Waals surface area contributed by atoms with Crippen molar-refractivity contribution >= 4 is 5.97 Å². The normalized spacial score (nSPS) is 15.3. The van der Waals surface area contributed by atoms with Gasteiger partial charge in [-0.15, -0.1) is 0 Å². The Morgan fingerprint density at radius 3 is 2.27 bits per heavy atom. The average molecular weight is 295 g/mol. The van der Waals surface area contributed by atoms with Crippen molar-refractivity contribution in [2.45, 2.75) is 24.8 Å². The van der Waals surface area contributed by atoms with Crippen molar-refractivity contribution in [1.29, 1.82) is 0 Å². The minimum Gasteiger partial charge on any atom is -0.464 e. The van der Waals surface area contributed by atoms with Crippen LogP contribution in [0.5, 0.6) is 0 Å². The fourth-order valence-corrected chi connectivity index (χ4v) is 2.68. The van der Waals surface area contributed by atoms with Crippen molar-refractivity contribution in [3.63, 3.8) is 0 Å². The molecule has 114 valence electrons. The smallest absolute Gasteiger partial charge is 0.316 e. The van der Waals surface area contributed by atoms with Gasteiger partial charge in [-0.05, 0) is 24.0 Å². The Kier molecular flexibility index (Phi) is 4.54. The number of esters is 1. The van der Waals surface area contributed by atoms with Gasteiger partial charge in [-0.1, -0.05) is 60.7 Å². The van der Waals surface area contributed by atoms with E-state index in [1.807, 2.05) is 48.5 Å². The molecule has 3 heteroatoms. The first-order valence-electron chi connectivity index (χ1n) is 7.79. The molecule has 0 unspecified atom stereocenters. The van der Waals surface area contributed by atoms with Gasteiger partial charge in [0.05, 0.1) is 5.41 Å². The van der Waals surface area contributed by atoms with Gasteiger partial charge in [-0.3, -0.25) is 4.79 Å². The summed E-state index contributed by atoms with van der Waals surface area (Å²) in [5.41, 5.74) is 1.94. The summed E-state index contributed by atoms with van der Waals surface area (Å²) in [6.07, 6.45) is 1.79. The second kappa shape index (κ2) is 6.75. The molecule has 0 radical (unpaired) electrons. The van der Waals surface area contributed by atoms with Crippen molar-refractivity contribution in [2.75, 3.05) is 13.2 Å². The fraction of sp³-hybridized carbons (Fsp3) is 0.316. The number of ether oxygens (including phenoxy) is 1. The second-order valence-corrected chi connectivity index (χ2v) is 5.75. The van der Waals surface area contributed by atoms with Crippen molar-refractivity contribution in [2.24, 2.45) is 0 Å². The highest BCUT2D eigenvalue weighted by Gasteiger charge is 2.52. The van der Waals surface area contributed by atoms with Crippen molar-refractivity contribution < 1.29 is 9.53 Å². The molecular weight excluding hydrogens is 274 g/mol. The van der Waals surface area contributed by atoms with E-state index in [0.29, 0.717) is 13.2 Å². The van der Waals surface area contributed by atoms with Gasteiger partial charge in [0.2, 0.25) is 0 Å². The van der Waals surface area contributed by atoms with Crippen LogP contribution in [-0.2, 0) is 21.5 Å². The van der Waals surface area contributed by atoms with E-state index < -0.39 is 0 Å². The molecule has 3 nitrogen and oxygen atoms in total. The highest BCUT2D eigenvalue weighted by molar-refractivity contribution is 5.86. The van der Waals surface area contributed by atoms with E-state index in [2.05, 4.69) is 17.4 Å². The summed E-state index contributed by atoms with van der Waals surface area (Å²) in [5.74, 6) is -0.0831. The number of hydrogen-bond acceptors (Lipinski definition) is 3. The number of benzene rings is 2. The van der Waals surface area contributed by atoms with Crippen LogP contribution in [-0.4, -0.2) is 19.1 Å². The molecule has 1 N–H and O–H groups in total. The Bertz CT molecular complexity index is 606. The molecule has 1 aliphatic rings. The molecule has 0 aromatic heterocycles. The molecule has 1 saturated carbocycles. The lowest BCUT2D eigenvalue weighted by molar-refractivity contribution is -0.146. The zero-order valence-corrected chi connectivity index (χ0v) is 12.6. The Morgan fingerprint density at radius 1 is 1.00 bits per heavy atom. The molecular formula is C19H21NO2. The van der Waals surface area contributed by atoms with Crippen LogP contribution in [0.15, 0.2) is 60.7 Å². The van der Waals surface area contributed by atoms with Crippen LogP contribution in [0.4, 0.5) is 0 Å². The molecule has 0 spiro atoms. The van der Waals surface area contributed by atoms with Gasteiger partial charge in [-0.2, -0.15) is 0 Å². The van der Waals surface area contributed by atoms with E-state index in [4.69, 9.17) is 4.74 Å². The number of carbonyl (C=O) groups excluding carboxylic acids is 1. The van der Waals surface area contributed by atoms with E-state index in [-0.39, 0.29) is 11.4 Å². The third-order valence-corrected chi connectivity index (χ3v) is 4.15. The van der Waals surface area contributed by atoms with Crippen molar-refractivity contribution in [3.8, 4) is 0 Å². The van der Waals surface area contributed by atoms with Crippen molar-refractivity contribution in [3.05, 3.63) is 71.8 Å². The first-order chi connectivity index (χ1) is 10.8. The number of nitrogens with one attached hydrogen (secondary N) is 1. The maximum atomic E-state index is 12.3. The average Bonchev–Trinajstić information content (AvgIpc) is 3.38. The quantitative estimate of drug-likeness (QED) is 0.630. The first-order valence-corrected chi connectivity index (χ1v) is 7.79. The van der Waals surface area contributed by atoms with Gasteiger partial charge < -0.3 is 10.1 Å². The van der Waals surface area contributed by atoms with E-state index in [9.17, 15) is 4.79 Å². The second-order valence-electron chi connectivity index (χ2n) is 5.75. The standard InChI is InChI=1S/C19H21NO2/c21-18(19(11-12-19)17-9-5-2-6-10-17)22-14-13-20-15-16-7-3-1-4-8-16/h1-10,20H,11-15H2. The summed E-state index contributed by atoms with van der Waals surface area (Å²) in [6, 6.07) is 20.2. The molecule has 0 heterocycles. The van der Waals surface area contributed by atoms with Gasteiger partial charge in [0, 0.05) is 13.1 Å². The molecule has 3 rings (SSSR count). The molecule has 0 aliphatic heterocycles. The molecule has 1 fully saturated rings. The summed E-state index contributed by atoms with van der Waals surface area (Å²) in [4.78, 5) is 12.3. The van der Waals surface area contributed by atoms with Crippen molar-refractivity contribution in [1.82, 2.24) is 5.32 Å². The van der Waals surface area contributed by atoms with Gasteiger partial charge in [0.15, 0.2) is 0 Å². The van der Waals surface area contributed by atoms with Gasteiger partial charge in [0.1, 0.15) is 6.61 Å². The summed E-state index contributed by atoms with van der Waals surface area (Å²) < 4.78 is 5.46. The highest BCUT2D eigenvalue weighted by Crippen LogP contribution is 2.49. The molecule has 2 aromatic carbocycles. The van der Waals surface area contributed by atoms with Crippen LogP contribution in [0.3, 0.4) is 0 Å². The van der Waals surface area contributed by atoms with Gasteiger partial charge in [-0.25, -0.2) is 0 Å². The van der Waals surface area contributed by atoms with Crippen LogP contribution in [0.2, 0.25) is 0 Å². The van der Waals surface area contributed by atoms with E-state index in [1.54, 1.807) is 0 Å². The maximum absolute atomic E-state index is 12.3. The maximum Gasteiger partial charge on any atom is 0.316 e. The molecule has 0 amide bonds. The van der Waals surface area contributed by atoms with Crippen LogP contribution >= 0.6 is 0 Å². The molecule has 1 aliphatic carbocycles. The monoisotopic (exact) mass is 295 g/mol. The minimum atomic E-state index is -0.374. The molecule has 0 atom stereocenters. The summed E-state index contributed by atoms with van der Waals surface area (Å²) in [6.45, 7) is 1.88. The lowest BCUT2D eigenvalue weighted by atomic mass is 9.96. The summed E-state index contributed by atoms with van der Waals surface area (Å²) in [7, 11) is 0. The van der Waals surface area contributed by atoms with E-state index in [0.717, 1.165) is 24.9 Å². The Morgan fingerprint density at radius 2 is 1.64 bits per heavy atom. The number of rotatable bonds is 7. The van der Waals surface area contributed by atoms with Crippen LogP contribution < -0.4 is 5.32 Å². The number of carbonyl (C=O) groups is 1. The van der Waals surface area contributed by atoms with Gasteiger partial charge >= 0.3 is 5.97 Å². The fourth-order valence-electron chi connectivity index (χ4n) is 2.68. The predicted molar refractivity (Wildman–Crippen MR) is 86.5 cm³/mol. The van der Waals surface area contributed by atoms with Crippen LogP contribution in [0.1, 0.15) is 24.0 Å². The zero-order valence-electron chi connectivity index (χ0n) is 12.6. The minimum absolute atomic E-state index is 0.0831. The highest BCUT2D eigenvalue weighted by atomic mass is 16.5. The molecule has 2 aromatic rings. The van der Waals surface area contributed by atoms with Gasteiger partial charge in [0.25, 0.3) is 0 Å². The molecule has 22 heavy (non-hydrogen) atoms. The SMILES string of the molecule is O=C(OCCNCc1ccccc1)C1(c2ccccc2)CC1. The first kappa shape index (κ1) is 14.8. The largest absolute Gasteiger partial charge is 0.464 e. The topological polar surface area (TPSA) is 38.3 Å². The summed E-state index contributed by atoms with van der Waals surface area (Å²) in [5, 5.41) is 3.29. The van der Waals surface area contributed by atoms with Crippen LogP contribution in [0.25, 0.3) is 0 Å². The Labute approximate surface area is 131 Å². The Hall–Kier alpha value is -2.13. The molecule has 0 saturated heterocycles. The third kappa shape index (κ3) is 3.37. The molecule has 0 bridgehead atoms.